The number of ether oxygens (including phenoxy) is 2. The molecule has 6 nitrogen and oxygen atoms in total. The van der Waals surface area contributed by atoms with Crippen LogP contribution in [0, 0.1) is 10.8 Å². The van der Waals surface area contributed by atoms with Crippen molar-refractivity contribution in [3.8, 4) is 0 Å². The fraction of sp³-hybridized carbons (Fsp3) is 0.852. The maximum atomic E-state index is 11.8. The van der Waals surface area contributed by atoms with Crippen molar-refractivity contribution >= 4 is 23.5 Å². The molecule has 33 heavy (non-hydrogen) atoms. The van der Waals surface area contributed by atoms with Gasteiger partial charge in [0.15, 0.2) is 0 Å². The van der Waals surface area contributed by atoms with Gasteiger partial charge in [-0.1, -0.05) is 53.4 Å². The highest BCUT2D eigenvalue weighted by Crippen LogP contribution is 2.25. The Morgan fingerprint density at radius 3 is 1.18 bits per heavy atom. The SMILES string of the molecule is CC(=O)C(C)(C)CCCCCC(=O)OCCCCCOC(=O)CCCCCC(C)(C)C(C)=O. The van der Waals surface area contributed by atoms with E-state index in [-0.39, 0.29) is 34.3 Å². The van der Waals surface area contributed by atoms with Gasteiger partial charge in [-0.05, 0) is 58.8 Å². The molecule has 0 aromatic rings. The molecule has 0 N–H and O–H groups in total. The van der Waals surface area contributed by atoms with E-state index in [4.69, 9.17) is 9.47 Å². The molecule has 0 saturated heterocycles. The summed E-state index contributed by atoms with van der Waals surface area (Å²) in [6.07, 6.45) is 10.2. The Bertz CT molecular complexity index is 554. The summed E-state index contributed by atoms with van der Waals surface area (Å²) < 4.78 is 10.5. The van der Waals surface area contributed by atoms with Crippen molar-refractivity contribution in [1.29, 1.82) is 0 Å². The Morgan fingerprint density at radius 1 is 0.515 bits per heavy atom. The first kappa shape index (κ1) is 31.3. The Kier molecular flexibility index (Phi) is 15.9. The summed E-state index contributed by atoms with van der Waals surface area (Å²) in [6.45, 7) is 11.9. The molecule has 0 atom stereocenters. The van der Waals surface area contributed by atoms with Crippen LogP contribution in [-0.2, 0) is 28.7 Å². The van der Waals surface area contributed by atoms with Gasteiger partial charge >= 0.3 is 11.9 Å². The Morgan fingerprint density at radius 2 is 0.848 bits per heavy atom. The molecule has 0 rings (SSSR count). The summed E-state index contributed by atoms with van der Waals surface area (Å²) >= 11 is 0. The van der Waals surface area contributed by atoms with Crippen LogP contribution in [0.25, 0.3) is 0 Å². The van der Waals surface area contributed by atoms with Crippen molar-refractivity contribution in [2.24, 2.45) is 10.8 Å². The van der Waals surface area contributed by atoms with Gasteiger partial charge in [-0.3, -0.25) is 19.2 Å². The van der Waals surface area contributed by atoms with Crippen LogP contribution in [0.2, 0.25) is 0 Å². The van der Waals surface area contributed by atoms with Crippen molar-refractivity contribution in [3.63, 3.8) is 0 Å². The first-order valence-electron chi connectivity index (χ1n) is 12.7. The van der Waals surface area contributed by atoms with E-state index in [9.17, 15) is 19.2 Å². The summed E-state index contributed by atoms with van der Waals surface area (Å²) in [5.41, 5.74) is -0.549. The molecule has 0 unspecified atom stereocenters. The number of Topliss-reactive ketones (excluding diaryl/α,β-unsaturated/α-hetero) is 2. The predicted octanol–water partition coefficient (Wildman–Crippen LogP) is 6.37. The molecular formula is C27H48O6. The lowest BCUT2D eigenvalue weighted by Gasteiger charge is -2.20. The molecule has 0 aliphatic carbocycles. The smallest absolute Gasteiger partial charge is 0.305 e. The van der Waals surface area contributed by atoms with Gasteiger partial charge in [-0.15, -0.1) is 0 Å². The molecule has 0 amide bonds. The number of carbonyl (C=O) groups is 4. The van der Waals surface area contributed by atoms with Crippen LogP contribution in [0.3, 0.4) is 0 Å². The average molecular weight is 469 g/mol. The first-order chi connectivity index (χ1) is 15.4. The fourth-order valence-corrected chi connectivity index (χ4v) is 3.28. The zero-order valence-electron chi connectivity index (χ0n) is 22.1. The molecule has 192 valence electrons. The summed E-state index contributed by atoms with van der Waals surface area (Å²) in [4.78, 5) is 46.5. The van der Waals surface area contributed by atoms with E-state index in [1.165, 1.54) is 0 Å². The lowest BCUT2D eigenvalue weighted by atomic mass is 9.83. The Labute approximate surface area is 201 Å². The van der Waals surface area contributed by atoms with Crippen LogP contribution in [-0.4, -0.2) is 36.7 Å². The van der Waals surface area contributed by atoms with E-state index >= 15 is 0 Å². The van der Waals surface area contributed by atoms with Crippen LogP contribution in [0.4, 0.5) is 0 Å². The van der Waals surface area contributed by atoms with E-state index < -0.39 is 0 Å². The molecule has 6 heteroatoms. The van der Waals surface area contributed by atoms with Gasteiger partial charge in [0.05, 0.1) is 13.2 Å². The molecule has 0 bridgehead atoms. The first-order valence-corrected chi connectivity index (χ1v) is 12.7. The minimum Gasteiger partial charge on any atom is -0.466 e. The highest BCUT2D eigenvalue weighted by molar-refractivity contribution is 5.81. The largest absolute Gasteiger partial charge is 0.466 e. The monoisotopic (exact) mass is 468 g/mol. The third-order valence-corrected chi connectivity index (χ3v) is 6.59. The number of rotatable bonds is 20. The van der Waals surface area contributed by atoms with Crippen molar-refractivity contribution < 1.29 is 28.7 Å². The maximum Gasteiger partial charge on any atom is 0.305 e. The molecule has 0 aromatic carbocycles. The van der Waals surface area contributed by atoms with Gasteiger partial charge in [-0.2, -0.15) is 0 Å². The van der Waals surface area contributed by atoms with E-state index in [1.807, 2.05) is 27.7 Å². The number of hydrogen-bond donors (Lipinski definition) is 0. The summed E-state index contributed by atoms with van der Waals surface area (Å²) in [5, 5.41) is 0. The van der Waals surface area contributed by atoms with Crippen molar-refractivity contribution in [3.05, 3.63) is 0 Å². The van der Waals surface area contributed by atoms with Gasteiger partial charge in [0.25, 0.3) is 0 Å². The van der Waals surface area contributed by atoms with Crippen molar-refractivity contribution in [2.45, 2.75) is 125 Å². The van der Waals surface area contributed by atoms with Gasteiger partial charge in [0.2, 0.25) is 0 Å². The molecule has 0 aliphatic heterocycles. The number of hydrogen-bond acceptors (Lipinski definition) is 6. The van der Waals surface area contributed by atoms with Crippen LogP contribution < -0.4 is 0 Å². The second-order valence-electron chi connectivity index (χ2n) is 10.5. The van der Waals surface area contributed by atoms with E-state index in [1.54, 1.807) is 13.8 Å². The third-order valence-electron chi connectivity index (χ3n) is 6.59. The van der Waals surface area contributed by atoms with Gasteiger partial charge < -0.3 is 9.47 Å². The van der Waals surface area contributed by atoms with Gasteiger partial charge in [-0.25, -0.2) is 0 Å². The normalized spacial score (nSPS) is 11.8. The molecule has 0 spiro atoms. The number of ketones is 2. The predicted molar refractivity (Wildman–Crippen MR) is 131 cm³/mol. The third kappa shape index (κ3) is 16.5. The minimum atomic E-state index is -0.275. The highest BCUT2D eigenvalue weighted by Gasteiger charge is 2.23. The summed E-state index contributed by atoms with van der Waals surface area (Å²) in [5.74, 6) is 0.0783. The second-order valence-corrected chi connectivity index (χ2v) is 10.5. The van der Waals surface area contributed by atoms with Crippen molar-refractivity contribution in [1.82, 2.24) is 0 Å². The quantitative estimate of drug-likeness (QED) is 0.152. The highest BCUT2D eigenvalue weighted by atomic mass is 16.5. The minimum absolute atomic E-state index is 0.168. The molecule has 0 saturated carbocycles. The molecule has 0 aliphatic rings. The van der Waals surface area contributed by atoms with Crippen LogP contribution in [0.1, 0.15) is 125 Å². The fourth-order valence-electron chi connectivity index (χ4n) is 3.28. The van der Waals surface area contributed by atoms with Crippen molar-refractivity contribution in [2.75, 3.05) is 13.2 Å². The topological polar surface area (TPSA) is 86.7 Å². The molecule has 0 heterocycles. The van der Waals surface area contributed by atoms with Gasteiger partial charge in [0.1, 0.15) is 11.6 Å². The zero-order valence-corrected chi connectivity index (χ0v) is 22.1. The molecule has 0 fully saturated rings. The zero-order chi connectivity index (χ0) is 25.3. The standard InChI is InChI=1S/C27H48O6/c1-22(28)26(3,4)18-12-7-10-16-24(30)32-20-14-9-15-21-33-25(31)17-11-8-13-19-27(5,6)23(2)29/h7-21H2,1-6H3. The lowest BCUT2D eigenvalue weighted by Crippen LogP contribution is -2.20. The molecule has 0 aromatic heterocycles. The lowest BCUT2D eigenvalue weighted by molar-refractivity contribution is -0.144. The average Bonchev–Trinajstić information content (AvgIpc) is 2.72. The van der Waals surface area contributed by atoms with E-state index in [0.29, 0.717) is 26.1 Å². The molecular weight excluding hydrogens is 420 g/mol. The number of carbonyl (C=O) groups excluding carboxylic acids is 4. The number of unbranched alkanes of at least 4 members (excludes halogenated alkanes) is 6. The van der Waals surface area contributed by atoms with Crippen LogP contribution in [0.15, 0.2) is 0 Å². The Balaban J connectivity index is 3.53. The van der Waals surface area contributed by atoms with E-state index in [2.05, 4.69) is 0 Å². The second kappa shape index (κ2) is 16.8. The number of esters is 2. The Hall–Kier alpha value is -1.72. The van der Waals surface area contributed by atoms with Crippen LogP contribution >= 0.6 is 0 Å². The van der Waals surface area contributed by atoms with Crippen LogP contribution in [0.5, 0.6) is 0 Å². The van der Waals surface area contributed by atoms with Gasteiger partial charge in [0, 0.05) is 23.7 Å². The van der Waals surface area contributed by atoms with E-state index in [0.717, 1.165) is 70.6 Å². The summed E-state index contributed by atoms with van der Waals surface area (Å²) in [6, 6.07) is 0. The summed E-state index contributed by atoms with van der Waals surface area (Å²) in [7, 11) is 0. The maximum absolute atomic E-state index is 11.8. The molecule has 0 radical (unpaired) electrons.